The molecule has 0 spiro atoms. The third-order valence-electron chi connectivity index (χ3n) is 6.28. The lowest BCUT2D eigenvalue weighted by atomic mass is 9.94. The summed E-state index contributed by atoms with van der Waals surface area (Å²) in [6.45, 7) is 7.58. The van der Waals surface area contributed by atoms with E-state index >= 15 is 0 Å². The predicted octanol–water partition coefficient (Wildman–Crippen LogP) is 2.44. The number of likely N-dealkylation sites (tertiary alicyclic amines) is 1. The van der Waals surface area contributed by atoms with Crippen LogP contribution in [0.2, 0.25) is 0 Å². The van der Waals surface area contributed by atoms with Crippen LogP contribution < -0.4 is 21.9 Å². The van der Waals surface area contributed by atoms with Crippen LogP contribution in [0.1, 0.15) is 63.4 Å². The lowest BCUT2D eigenvalue weighted by molar-refractivity contribution is -0.123. The minimum atomic E-state index is -0.655. The maximum absolute atomic E-state index is 13.6. The Morgan fingerprint density at radius 1 is 1.26 bits per heavy atom. The van der Waals surface area contributed by atoms with Crippen LogP contribution >= 0.6 is 0 Å². The van der Waals surface area contributed by atoms with Crippen molar-refractivity contribution in [2.75, 3.05) is 30.3 Å². The van der Waals surface area contributed by atoms with Crippen LogP contribution in [0.25, 0.3) is 0 Å². The quantitative estimate of drug-likeness (QED) is 0.574. The lowest BCUT2D eigenvalue weighted by Gasteiger charge is -2.34. The van der Waals surface area contributed by atoms with Gasteiger partial charge >= 0.3 is 5.69 Å². The van der Waals surface area contributed by atoms with Gasteiger partial charge in [0.15, 0.2) is 11.4 Å². The van der Waals surface area contributed by atoms with Crippen LogP contribution in [0.15, 0.2) is 32.4 Å². The molecule has 2 aromatic rings. The van der Waals surface area contributed by atoms with Crippen LogP contribution in [0.5, 0.6) is 0 Å². The first-order chi connectivity index (χ1) is 16.2. The molecule has 0 aromatic carbocycles. The fourth-order valence-electron chi connectivity index (χ4n) is 4.20. The van der Waals surface area contributed by atoms with Gasteiger partial charge in [-0.15, -0.1) is 0 Å². The third kappa shape index (κ3) is 5.60. The third-order valence-corrected chi connectivity index (χ3v) is 6.28. The molecule has 2 aromatic heterocycles. The Morgan fingerprint density at radius 2 is 1.97 bits per heavy atom. The van der Waals surface area contributed by atoms with Crippen molar-refractivity contribution in [3.63, 3.8) is 0 Å². The Balaban J connectivity index is 1.84. The van der Waals surface area contributed by atoms with Gasteiger partial charge in [0, 0.05) is 32.1 Å². The van der Waals surface area contributed by atoms with Crippen LogP contribution in [-0.4, -0.2) is 45.9 Å². The molecule has 3 rings (SSSR count). The number of carbonyl (C=O) groups excluding carboxylic acids is 2. The van der Waals surface area contributed by atoms with Crippen LogP contribution in [0.3, 0.4) is 0 Å². The Labute approximate surface area is 198 Å². The number of H-pyrrole nitrogens is 1. The van der Waals surface area contributed by atoms with Crippen molar-refractivity contribution in [2.24, 2.45) is 11.8 Å². The van der Waals surface area contributed by atoms with E-state index in [0.717, 1.165) is 12.8 Å². The zero-order valence-electron chi connectivity index (χ0n) is 20.2. The van der Waals surface area contributed by atoms with Gasteiger partial charge in [-0.3, -0.25) is 23.9 Å². The minimum absolute atomic E-state index is 0.0183. The van der Waals surface area contributed by atoms with E-state index in [-0.39, 0.29) is 35.0 Å². The summed E-state index contributed by atoms with van der Waals surface area (Å²) in [5.74, 6) is -0.168. The van der Waals surface area contributed by atoms with E-state index in [0.29, 0.717) is 51.4 Å². The second kappa shape index (κ2) is 11.2. The predicted molar refractivity (Wildman–Crippen MR) is 130 cm³/mol. The Kier molecular flexibility index (Phi) is 8.36. The molecule has 0 aliphatic carbocycles. The number of aromatic nitrogens is 2. The molecular formula is C24H35N5O5. The normalized spacial score (nSPS) is 14.5. The number of rotatable bonds is 9. The maximum Gasteiger partial charge on any atom is 0.330 e. The highest BCUT2D eigenvalue weighted by Crippen LogP contribution is 2.26. The summed E-state index contributed by atoms with van der Waals surface area (Å²) in [5, 5.41) is 0. The first-order valence-corrected chi connectivity index (χ1v) is 12.0. The molecule has 1 aliphatic rings. The highest BCUT2D eigenvalue weighted by atomic mass is 16.3. The number of hydrogen-bond donors (Lipinski definition) is 2. The number of unbranched alkanes of at least 4 members (excludes halogenated alkanes) is 1. The summed E-state index contributed by atoms with van der Waals surface area (Å²) in [4.78, 5) is 56.8. The molecular weight excluding hydrogens is 438 g/mol. The monoisotopic (exact) mass is 473 g/mol. The maximum atomic E-state index is 13.6. The minimum Gasteiger partial charge on any atom is -0.459 e. The molecule has 1 saturated heterocycles. The van der Waals surface area contributed by atoms with Gasteiger partial charge in [-0.05, 0) is 43.7 Å². The SMILES string of the molecule is CCCCn1c(N)c(N(CCC(C)C)C(=O)C2CCN(C(=O)c3ccco3)CC2)c(=O)[nH]c1=O. The molecule has 1 aliphatic heterocycles. The topological polar surface area (TPSA) is 135 Å². The van der Waals surface area contributed by atoms with Gasteiger partial charge in [0.1, 0.15) is 5.82 Å². The molecule has 1 fully saturated rings. The number of nitrogen functional groups attached to an aromatic ring is 1. The summed E-state index contributed by atoms with van der Waals surface area (Å²) < 4.78 is 6.54. The molecule has 10 heteroatoms. The van der Waals surface area contributed by atoms with Crippen LogP contribution in [0.4, 0.5) is 11.5 Å². The highest BCUT2D eigenvalue weighted by molar-refractivity contribution is 5.97. The van der Waals surface area contributed by atoms with Crippen molar-refractivity contribution >= 4 is 23.3 Å². The molecule has 0 radical (unpaired) electrons. The average molecular weight is 474 g/mol. The van der Waals surface area contributed by atoms with Crippen molar-refractivity contribution in [1.82, 2.24) is 14.5 Å². The molecule has 3 N–H and O–H groups in total. The van der Waals surface area contributed by atoms with Crippen LogP contribution in [0, 0.1) is 11.8 Å². The van der Waals surface area contributed by atoms with E-state index < -0.39 is 11.2 Å². The van der Waals surface area contributed by atoms with Gasteiger partial charge < -0.3 is 20.0 Å². The smallest absolute Gasteiger partial charge is 0.330 e. The largest absolute Gasteiger partial charge is 0.459 e. The van der Waals surface area contributed by atoms with E-state index in [2.05, 4.69) is 4.98 Å². The molecule has 0 atom stereocenters. The van der Waals surface area contributed by atoms with Gasteiger partial charge in [0.2, 0.25) is 5.91 Å². The van der Waals surface area contributed by atoms with E-state index in [1.807, 2.05) is 20.8 Å². The lowest BCUT2D eigenvalue weighted by Crippen LogP contribution is -2.47. The Bertz CT molecular complexity index is 1090. The summed E-state index contributed by atoms with van der Waals surface area (Å²) in [6, 6.07) is 3.29. The van der Waals surface area contributed by atoms with E-state index in [1.165, 1.54) is 15.7 Å². The Morgan fingerprint density at radius 3 is 2.56 bits per heavy atom. The fourth-order valence-corrected chi connectivity index (χ4v) is 4.20. The van der Waals surface area contributed by atoms with Crippen molar-refractivity contribution < 1.29 is 14.0 Å². The fraction of sp³-hybridized carbons (Fsp3) is 0.583. The van der Waals surface area contributed by atoms with Gasteiger partial charge in [-0.2, -0.15) is 0 Å². The number of furan rings is 1. The van der Waals surface area contributed by atoms with Crippen molar-refractivity contribution in [2.45, 2.75) is 59.4 Å². The van der Waals surface area contributed by atoms with Crippen molar-refractivity contribution in [1.29, 1.82) is 0 Å². The molecule has 0 unspecified atom stereocenters. The molecule has 186 valence electrons. The summed E-state index contributed by atoms with van der Waals surface area (Å²) in [7, 11) is 0. The van der Waals surface area contributed by atoms with Crippen molar-refractivity contribution in [3.8, 4) is 0 Å². The molecule has 34 heavy (non-hydrogen) atoms. The molecule has 3 heterocycles. The van der Waals surface area contributed by atoms with Crippen LogP contribution in [-0.2, 0) is 11.3 Å². The Hall–Kier alpha value is -3.30. The number of carbonyl (C=O) groups is 2. The molecule has 0 saturated carbocycles. The number of anilines is 2. The summed E-state index contributed by atoms with van der Waals surface area (Å²) in [6.07, 6.45) is 4.64. The van der Waals surface area contributed by atoms with E-state index in [4.69, 9.17) is 10.2 Å². The number of nitrogens with two attached hydrogens (primary N) is 1. The van der Waals surface area contributed by atoms with E-state index in [9.17, 15) is 19.2 Å². The zero-order valence-corrected chi connectivity index (χ0v) is 20.2. The molecule has 0 bridgehead atoms. The standard InChI is InChI=1S/C24H35N5O5/c1-4-5-11-29-20(25)19(21(30)26-24(29)33)28(14-8-16(2)3)22(31)17-9-12-27(13-10-17)23(32)18-7-6-15-34-18/h6-7,15-17H,4-5,8-14,25H2,1-3H3,(H,26,30,33). The van der Waals surface area contributed by atoms with Crippen molar-refractivity contribution in [3.05, 3.63) is 45.0 Å². The summed E-state index contributed by atoms with van der Waals surface area (Å²) >= 11 is 0. The van der Waals surface area contributed by atoms with Gasteiger partial charge in [0.05, 0.1) is 6.26 Å². The second-order valence-corrected chi connectivity index (χ2v) is 9.21. The zero-order chi connectivity index (χ0) is 24.8. The number of nitrogens with zero attached hydrogens (tertiary/aromatic N) is 3. The van der Waals surface area contributed by atoms with E-state index in [1.54, 1.807) is 17.0 Å². The second-order valence-electron chi connectivity index (χ2n) is 9.21. The number of piperidine rings is 1. The average Bonchev–Trinajstić information content (AvgIpc) is 3.35. The number of aromatic amines is 1. The number of nitrogens with one attached hydrogen (secondary N) is 1. The number of hydrogen-bond acceptors (Lipinski definition) is 6. The highest BCUT2D eigenvalue weighted by Gasteiger charge is 2.34. The molecule has 2 amide bonds. The number of amides is 2. The van der Waals surface area contributed by atoms with Gasteiger partial charge in [0.25, 0.3) is 11.5 Å². The first kappa shape index (κ1) is 25.3. The van der Waals surface area contributed by atoms with Gasteiger partial charge in [-0.1, -0.05) is 27.2 Å². The summed E-state index contributed by atoms with van der Waals surface area (Å²) in [5.41, 5.74) is 5.12. The first-order valence-electron chi connectivity index (χ1n) is 12.0. The van der Waals surface area contributed by atoms with Gasteiger partial charge in [-0.25, -0.2) is 4.79 Å². The molecule has 10 nitrogen and oxygen atoms in total.